The van der Waals surface area contributed by atoms with Gasteiger partial charge in [0.05, 0.1) is 18.9 Å². The number of rotatable bonds is 3. The normalized spacial score (nSPS) is 22.4. The van der Waals surface area contributed by atoms with Gasteiger partial charge in [-0.05, 0) is 24.8 Å². The lowest BCUT2D eigenvalue weighted by atomic mass is 9.92. The van der Waals surface area contributed by atoms with Crippen molar-refractivity contribution in [2.24, 2.45) is 5.92 Å². The minimum Gasteiger partial charge on any atom is -0.494 e. The molecule has 0 bridgehead atoms. The fourth-order valence-electron chi connectivity index (χ4n) is 2.49. The first-order chi connectivity index (χ1) is 9.54. The quantitative estimate of drug-likeness (QED) is 0.904. The Hall–Kier alpha value is -2.11. The Morgan fingerprint density at radius 1 is 1.50 bits per heavy atom. The van der Waals surface area contributed by atoms with E-state index in [2.05, 4.69) is 4.98 Å². The molecule has 1 aromatic rings. The molecule has 2 rings (SSSR count). The van der Waals surface area contributed by atoms with Gasteiger partial charge in [-0.1, -0.05) is 6.92 Å². The van der Waals surface area contributed by atoms with E-state index in [1.165, 1.54) is 24.4 Å². The van der Waals surface area contributed by atoms with E-state index in [-0.39, 0.29) is 5.91 Å². The number of aliphatic carboxylic acids is 1. The summed E-state index contributed by atoms with van der Waals surface area (Å²) in [5, 5.41) is 9.31. The topological polar surface area (TPSA) is 79.7 Å². The Bertz CT molecular complexity index is 518. The van der Waals surface area contributed by atoms with E-state index in [9.17, 15) is 14.7 Å². The smallest absolute Gasteiger partial charge is 0.326 e. The average Bonchev–Trinajstić information content (AvgIpc) is 2.46. The number of methoxy groups -OCH3 is 1. The van der Waals surface area contributed by atoms with Crippen molar-refractivity contribution in [1.82, 2.24) is 9.88 Å². The van der Waals surface area contributed by atoms with Gasteiger partial charge in [0.2, 0.25) is 0 Å². The van der Waals surface area contributed by atoms with E-state index in [0.29, 0.717) is 30.2 Å². The Morgan fingerprint density at radius 3 is 2.90 bits per heavy atom. The highest BCUT2D eigenvalue weighted by Crippen LogP contribution is 2.26. The van der Waals surface area contributed by atoms with Crippen LogP contribution in [0, 0.1) is 5.92 Å². The first-order valence-corrected chi connectivity index (χ1v) is 6.56. The molecular weight excluding hydrogens is 260 g/mol. The van der Waals surface area contributed by atoms with Gasteiger partial charge in [-0.25, -0.2) is 4.79 Å². The molecule has 0 aliphatic carbocycles. The lowest BCUT2D eigenvalue weighted by Gasteiger charge is -2.36. The largest absolute Gasteiger partial charge is 0.494 e. The summed E-state index contributed by atoms with van der Waals surface area (Å²) in [5.41, 5.74) is 0.350. The maximum Gasteiger partial charge on any atom is 0.326 e. The van der Waals surface area contributed by atoms with Crippen LogP contribution in [0.2, 0.25) is 0 Å². The Balaban J connectivity index is 2.29. The molecule has 1 aliphatic rings. The second kappa shape index (κ2) is 5.90. The number of carbonyl (C=O) groups excluding carboxylic acids is 1. The first kappa shape index (κ1) is 14.3. The zero-order chi connectivity index (χ0) is 14.7. The molecule has 1 amide bonds. The zero-order valence-corrected chi connectivity index (χ0v) is 11.6. The van der Waals surface area contributed by atoms with Crippen LogP contribution in [-0.4, -0.2) is 46.6 Å². The number of aromatic nitrogens is 1. The van der Waals surface area contributed by atoms with Gasteiger partial charge in [0.1, 0.15) is 11.8 Å². The van der Waals surface area contributed by atoms with Crippen LogP contribution in [0.15, 0.2) is 18.5 Å². The fourth-order valence-corrected chi connectivity index (χ4v) is 2.49. The van der Waals surface area contributed by atoms with Gasteiger partial charge in [0.25, 0.3) is 5.91 Å². The second-order valence-electron chi connectivity index (χ2n) is 5.06. The van der Waals surface area contributed by atoms with Gasteiger partial charge in [0.15, 0.2) is 0 Å². The number of carboxylic acids is 1. The summed E-state index contributed by atoms with van der Waals surface area (Å²) in [6.45, 7) is 2.45. The molecule has 1 saturated heterocycles. The van der Waals surface area contributed by atoms with Crippen LogP contribution in [0.1, 0.15) is 30.1 Å². The average molecular weight is 278 g/mol. The first-order valence-electron chi connectivity index (χ1n) is 6.56. The summed E-state index contributed by atoms with van der Waals surface area (Å²) in [7, 11) is 1.46. The zero-order valence-electron chi connectivity index (χ0n) is 11.6. The van der Waals surface area contributed by atoms with Crippen molar-refractivity contribution in [3.05, 3.63) is 24.0 Å². The number of carboxylic acid groups (broad SMARTS) is 1. The standard InChI is InChI=1S/C14H18N2O4/c1-9-4-6-16(11(7-9)14(18)19)13(17)10-3-5-15-8-12(10)20-2/h3,5,8-9,11H,4,6-7H2,1-2H3,(H,18,19). The minimum atomic E-state index is -0.960. The van der Waals surface area contributed by atoms with Crippen molar-refractivity contribution in [2.75, 3.05) is 13.7 Å². The van der Waals surface area contributed by atoms with E-state index >= 15 is 0 Å². The molecule has 1 fully saturated rings. The van der Waals surface area contributed by atoms with Crippen molar-refractivity contribution in [3.8, 4) is 5.75 Å². The van der Waals surface area contributed by atoms with Gasteiger partial charge < -0.3 is 14.7 Å². The molecule has 0 saturated carbocycles. The van der Waals surface area contributed by atoms with E-state index < -0.39 is 12.0 Å². The number of amides is 1. The molecule has 2 atom stereocenters. The van der Waals surface area contributed by atoms with Crippen molar-refractivity contribution in [3.63, 3.8) is 0 Å². The third-order valence-corrected chi connectivity index (χ3v) is 3.65. The molecule has 20 heavy (non-hydrogen) atoms. The molecule has 108 valence electrons. The van der Waals surface area contributed by atoms with E-state index in [1.807, 2.05) is 6.92 Å². The number of likely N-dealkylation sites (tertiary alicyclic amines) is 1. The number of piperidine rings is 1. The predicted molar refractivity (Wildman–Crippen MR) is 71.6 cm³/mol. The molecule has 1 N–H and O–H groups in total. The van der Waals surface area contributed by atoms with Crippen molar-refractivity contribution in [2.45, 2.75) is 25.8 Å². The molecule has 1 aromatic heterocycles. The highest BCUT2D eigenvalue weighted by Gasteiger charge is 2.35. The number of nitrogens with zero attached hydrogens (tertiary/aromatic N) is 2. The highest BCUT2D eigenvalue weighted by atomic mass is 16.5. The number of hydrogen-bond acceptors (Lipinski definition) is 4. The number of hydrogen-bond donors (Lipinski definition) is 1. The molecule has 2 unspecified atom stereocenters. The van der Waals surface area contributed by atoms with Crippen LogP contribution in [-0.2, 0) is 4.79 Å². The molecule has 1 aliphatic heterocycles. The molecule has 6 nitrogen and oxygen atoms in total. The second-order valence-corrected chi connectivity index (χ2v) is 5.06. The third kappa shape index (κ3) is 2.74. The van der Waals surface area contributed by atoms with Crippen LogP contribution < -0.4 is 4.74 Å². The Labute approximate surface area is 117 Å². The summed E-state index contributed by atoms with van der Waals surface area (Å²) in [6.07, 6.45) is 4.24. The van der Waals surface area contributed by atoms with Crippen LogP contribution in [0.25, 0.3) is 0 Å². The molecule has 2 heterocycles. The van der Waals surface area contributed by atoms with Crippen LogP contribution >= 0.6 is 0 Å². The van der Waals surface area contributed by atoms with E-state index in [0.717, 1.165) is 6.42 Å². The summed E-state index contributed by atoms with van der Waals surface area (Å²) < 4.78 is 5.12. The van der Waals surface area contributed by atoms with Crippen LogP contribution in [0.3, 0.4) is 0 Å². The Kier molecular flexibility index (Phi) is 4.22. The lowest BCUT2D eigenvalue weighted by Crippen LogP contribution is -2.49. The lowest BCUT2D eigenvalue weighted by molar-refractivity contribution is -0.144. The van der Waals surface area contributed by atoms with Crippen molar-refractivity contribution in [1.29, 1.82) is 0 Å². The van der Waals surface area contributed by atoms with Gasteiger partial charge >= 0.3 is 5.97 Å². The molecule has 0 spiro atoms. The van der Waals surface area contributed by atoms with E-state index in [1.54, 1.807) is 6.07 Å². The molecule has 0 aromatic carbocycles. The highest BCUT2D eigenvalue weighted by molar-refractivity contribution is 5.98. The van der Waals surface area contributed by atoms with E-state index in [4.69, 9.17) is 4.74 Å². The molecule has 6 heteroatoms. The summed E-state index contributed by atoms with van der Waals surface area (Å²) in [6, 6.07) is 0.780. The fraction of sp³-hybridized carbons (Fsp3) is 0.500. The predicted octanol–water partition coefficient (Wildman–Crippen LogP) is 1.42. The van der Waals surface area contributed by atoms with Gasteiger partial charge in [-0.3, -0.25) is 9.78 Å². The van der Waals surface area contributed by atoms with Gasteiger partial charge in [0, 0.05) is 12.7 Å². The molecular formula is C14H18N2O4. The SMILES string of the molecule is COc1cnccc1C(=O)N1CCC(C)CC1C(=O)O. The van der Waals surface area contributed by atoms with Gasteiger partial charge in [-0.15, -0.1) is 0 Å². The third-order valence-electron chi connectivity index (χ3n) is 3.65. The summed E-state index contributed by atoms with van der Waals surface area (Å²) >= 11 is 0. The summed E-state index contributed by atoms with van der Waals surface area (Å²) in [4.78, 5) is 29.2. The minimum absolute atomic E-state index is 0.305. The number of ether oxygens (including phenoxy) is 1. The maximum atomic E-state index is 12.6. The van der Waals surface area contributed by atoms with Gasteiger partial charge in [-0.2, -0.15) is 0 Å². The summed E-state index contributed by atoms with van der Waals surface area (Å²) in [5.74, 6) is -0.610. The van der Waals surface area contributed by atoms with Crippen LogP contribution in [0.5, 0.6) is 5.75 Å². The van der Waals surface area contributed by atoms with Crippen molar-refractivity contribution >= 4 is 11.9 Å². The van der Waals surface area contributed by atoms with Crippen molar-refractivity contribution < 1.29 is 19.4 Å². The monoisotopic (exact) mass is 278 g/mol. The Morgan fingerprint density at radius 2 is 2.25 bits per heavy atom. The van der Waals surface area contributed by atoms with Crippen LogP contribution in [0.4, 0.5) is 0 Å². The number of pyridine rings is 1. The maximum absolute atomic E-state index is 12.6. The number of carbonyl (C=O) groups is 2. The molecule has 0 radical (unpaired) electrons.